The van der Waals surface area contributed by atoms with Crippen LogP contribution in [0.5, 0.6) is 0 Å². The van der Waals surface area contributed by atoms with Crippen LogP contribution in [-0.2, 0) is 6.42 Å². The van der Waals surface area contributed by atoms with Crippen molar-refractivity contribution in [3.63, 3.8) is 0 Å². The Morgan fingerprint density at radius 2 is 2.19 bits per heavy atom. The van der Waals surface area contributed by atoms with E-state index in [1.807, 2.05) is 0 Å². The second-order valence-electron chi connectivity index (χ2n) is 4.98. The molecule has 0 bridgehead atoms. The molecule has 0 radical (unpaired) electrons. The van der Waals surface area contributed by atoms with Crippen LogP contribution in [0.25, 0.3) is 0 Å². The van der Waals surface area contributed by atoms with Gasteiger partial charge in [0.05, 0.1) is 5.60 Å². The number of halogens is 1. The van der Waals surface area contributed by atoms with Crippen LogP contribution in [0.2, 0.25) is 0 Å². The molecule has 90 valence electrons. The standard InChI is InChI=1S/C13H19BrOS/c1-2-10-3-5-13(15,6-4-10)8-12-7-11(14)9-16-12/h7,9-10,15H,2-6,8H2,1H3. The van der Waals surface area contributed by atoms with Gasteiger partial charge in [0.25, 0.3) is 0 Å². The molecule has 0 aromatic carbocycles. The highest BCUT2D eigenvalue weighted by Crippen LogP contribution is 2.37. The number of aliphatic hydroxyl groups is 1. The van der Waals surface area contributed by atoms with Crippen molar-refractivity contribution in [3.05, 3.63) is 20.8 Å². The summed E-state index contributed by atoms with van der Waals surface area (Å²) in [6, 6.07) is 2.13. The fourth-order valence-electron chi connectivity index (χ4n) is 2.57. The molecule has 1 aliphatic carbocycles. The molecule has 0 amide bonds. The first-order valence-electron chi connectivity index (χ1n) is 6.06. The Kier molecular flexibility index (Phi) is 4.09. The lowest BCUT2D eigenvalue weighted by Crippen LogP contribution is -2.35. The van der Waals surface area contributed by atoms with Crippen LogP contribution in [0.15, 0.2) is 15.9 Å². The predicted octanol–water partition coefficient (Wildman–Crippen LogP) is 4.38. The molecule has 0 aliphatic heterocycles. The lowest BCUT2D eigenvalue weighted by molar-refractivity contribution is -0.00857. The first kappa shape index (κ1) is 12.6. The maximum Gasteiger partial charge on any atom is 0.0696 e. The van der Waals surface area contributed by atoms with Crippen molar-refractivity contribution in [1.82, 2.24) is 0 Å². The maximum absolute atomic E-state index is 10.5. The summed E-state index contributed by atoms with van der Waals surface area (Å²) < 4.78 is 1.14. The third kappa shape index (κ3) is 3.08. The van der Waals surface area contributed by atoms with E-state index in [1.165, 1.54) is 24.1 Å². The largest absolute Gasteiger partial charge is 0.390 e. The summed E-state index contributed by atoms with van der Waals surface area (Å²) in [6.07, 6.45) is 6.43. The summed E-state index contributed by atoms with van der Waals surface area (Å²) in [5.74, 6) is 0.843. The molecule has 1 aromatic rings. The van der Waals surface area contributed by atoms with Gasteiger partial charge in [0.1, 0.15) is 0 Å². The zero-order chi connectivity index (χ0) is 11.6. The highest BCUT2D eigenvalue weighted by Gasteiger charge is 2.32. The van der Waals surface area contributed by atoms with Gasteiger partial charge in [0, 0.05) is 21.2 Å². The van der Waals surface area contributed by atoms with Gasteiger partial charge in [0.2, 0.25) is 0 Å². The molecular weight excluding hydrogens is 284 g/mol. The lowest BCUT2D eigenvalue weighted by atomic mass is 9.76. The lowest BCUT2D eigenvalue weighted by Gasteiger charge is -2.35. The van der Waals surface area contributed by atoms with E-state index < -0.39 is 5.60 Å². The second-order valence-corrected chi connectivity index (χ2v) is 6.90. The van der Waals surface area contributed by atoms with Crippen LogP contribution in [0.1, 0.15) is 43.9 Å². The van der Waals surface area contributed by atoms with E-state index in [0.29, 0.717) is 0 Å². The zero-order valence-corrected chi connectivity index (χ0v) is 12.1. The summed E-state index contributed by atoms with van der Waals surface area (Å²) in [5, 5.41) is 12.6. The van der Waals surface area contributed by atoms with Gasteiger partial charge >= 0.3 is 0 Å². The summed E-state index contributed by atoms with van der Waals surface area (Å²) in [4.78, 5) is 1.30. The first-order valence-corrected chi connectivity index (χ1v) is 7.74. The average Bonchev–Trinajstić information content (AvgIpc) is 2.64. The summed E-state index contributed by atoms with van der Waals surface area (Å²) in [6.45, 7) is 2.26. The van der Waals surface area contributed by atoms with Crippen LogP contribution in [0.3, 0.4) is 0 Å². The van der Waals surface area contributed by atoms with Crippen LogP contribution in [0.4, 0.5) is 0 Å². The summed E-state index contributed by atoms with van der Waals surface area (Å²) in [7, 11) is 0. The minimum atomic E-state index is -0.435. The summed E-state index contributed by atoms with van der Waals surface area (Å²) >= 11 is 5.21. The van der Waals surface area contributed by atoms with E-state index in [-0.39, 0.29) is 0 Å². The molecule has 1 N–H and O–H groups in total. The molecular formula is C13H19BrOS. The number of thiophene rings is 1. The van der Waals surface area contributed by atoms with Gasteiger partial charge in [-0.2, -0.15) is 0 Å². The normalized spacial score (nSPS) is 30.6. The van der Waals surface area contributed by atoms with Gasteiger partial charge in [-0.3, -0.25) is 0 Å². The molecule has 1 aromatic heterocycles. The molecule has 3 heteroatoms. The fraction of sp³-hybridized carbons (Fsp3) is 0.692. The van der Waals surface area contributed by atoms with E-state index in [0.717, 1.165) is 29.7 Å². The second kappa shape index (κ2) is 5.19. The SMILES string of the molecule is CCC1CCC(O)(Cc2cc(Br)cs2)CC1. The van der Waals surface area contributed by atoms with Gasteiger partial charge in [-0.15, -0.1) is 11.3 Å². The van der Waals surface area contributed by atoms with E-state index >= 15 is 0 Å². The van der Waals surface area contributed by atoms with E-state index in [4.69, 9.17) is 0 Å². The Bertz CT molecular complexity index is 339. The Labute approximate surface area is 110 Å². The van der Waals surface area contributed by atoms with Gasteiger partial charge in [-0.05, 0) is 53.6 Å². The Balaban J connectivity index is 1.94. The van der Waals surface area contributed by atoms with Crippen molar-refractivity contribution in [1.29, 1.82) is 0 Å². The molecule has 16 heavy (non-hydrogen) atoms. The number of hydrogen-bond donors (Lipinski definition) is 1. The van der Waals surface area contributed by atoms with Gasteiger partial charge in [0.15, 0.2) is 0 Å². The van der Waals surface area contributed by atoms with Crippen molar-refractivity contribution < 1.29 is 5.11 Å². The molecule has 1 aliphatic rings. The molecule has 0 atom stereocenters. The number of rotatable bonds is 3. The van der Waals surface area contributed by atoms with Gasteiger partial charge in [-0.1, -0.05) is 13.3 Å². The molecule has 0 saturated heterocycles. The molecule has 1 heterocycles. The van der Waals surface area contributed by atoms with Crippen LogP contribution in [0, 0.1) is 5.92 Å². The average molecular weight is 303 g/mol. The minimum Gasteiger partial charge on any atom is -0.390 e. The monoisotopic (exact) mass is 302 g/mol. The van der Waals surface area contributed by atoms with Crippen molar-refractivity contribution >= 4 is 27.3 Å². The van der Waals surface area contributed by atoms with E-state index in [9.17, 15) is 5.11 Å². The molecule has 0 spiro atoms. The summed E-state index contributed by atoms with van der Waals surface area (Å²) in [5.41, 5.74) is -0.435. The zero-order valence-electron chi connectivity index (χ0n) is 9.71. The van der Waals surface area contributed by atoms with E-state index in [1.54, 1.807) is 11.3 Å². The van der Waals surface area contributed by atoms with Crippen LogP contribution < -0.4 is 0 Å². The van der Waals surface area contributed by atoms with E-state index in [2.05, 4.69) is 34.3 Å². The highest BCUT2D eigenvalue weighted by molar-refractivity contribution is 9.10. The third-order valence-electron chi connectivity index (χ3n) is 3.74. The van der Waals surface area contributed by atoms with Crippen molar-refractivity contribution in [2.24, 2.45) is 5.92 Å². The maximum atomic E-state index is 10.5. The number of hydrogen-bond acceptors (Lipinski definition) is 2. The molecule has 1 saturated carbocycles. The molecule has 1 nitrogen and oxygen atoms in total. The first-order chi connectivity index (χ1) is 7.61. The highest BCUT2D eigenvalue weighted by atomic mass is 79.9. The molecule has 2 rings (SSSR count). The Morgan fingerprint density at radius 1 is 1.50 bits per heavy atom. The smallest absolute Gasteiger partial charge is 0.0696 e. The van der Waals surface area contributed by atoms with Gasteiger partial charge < -0.3 is 5.11 Å². The van der Waals surface area contributed by atoms with Crippen molar-refractivity contribution in [2.45, 2.75) is 51.0 Å². The molecule has 1 fully saturated rings. The van der Waals surface area contributed by atoms with Crippen LogP contribution >= 0.6 is 27.3 Å². The topological polar surface area (TPSA) is 20.2 Å². The minimum absolute atomic E-state index is 0.435. The van der Waals surface area contributed by atoms with Crippen LogP contribution in [-0.4, -0.2) is 10.7 Å². The molecule has 0 unspecified atom stereocenters. The van der Waals surface area contributed by atoms with Gasteiger partial charge in [-0.25, -0.2) is 0 Å². The fourth-order valence-corrected chi connectivity index (χ4v) is 4.16. The third-order valence-corrected chi connectivity index (χ3v) is 5.44. The Morgan fingerprint density at radius 3 is 2.69 bits per heavy atom. The predicted molar refractivity (Wildman–Crippen MR) is 72.9 cm³/mol. The quantitative estimate of drug-likeness (QED) is 0.878. The van der Waals surface area contributed by atoms with Crippen molar-refractivity contribution in [3.8, 4) is 0 Å². The Hall–Kier alpha value is 0.140. The van der Waals surface area contributed by atoms with Crippen molar-refractivity contribution in [2.75, 3.05) is 0 Å².